The van der Waals surface area contributed by atoms with Crippen LogP contribution in [0.15, 0.2) is 71.6 Å². The molecule has 1 aromatic heterocycles. The second-order valence-electron chi connectivity index (χ2n) is 6.48. The van der Waals surface area contributed by atoms with E-state index >= 15 is 0 Å². The van der Waals surface area contributed by atoms with Crippen molar-refractivity contribution in [1.82, 2.24) is 9.71 Å². The lowest BCUT2D eigenvalue weighted by Gasteiger charge is -2.07. The summed E-state index contributed by atoms with van der Waals surface area (Å²) >= 11 is 17.8. The Kier molecular flexibility index (Phi) is 5.85. The zero-order valence-electron chi connectivity index (χ0n) is 15.5. The molecule has 0 radical (unpaired) electrons. The highest BCUT2D eigenvalue weighted by Crippen LogP contribution is 2.31. The number of benzene rings is 3. The summed E-state index contributed by atoms with van der Waals surface area (Å²) in [6, 6.07) is 17.4. The first-order chi connectivity index (χ1) is 14.7. The quantitative estimate of drug-likeness (QED) is 0.353. The highest BCUT2D eigenvalue weighted by molar-refractivity contribution is 7.90. The lowest BCUT2D eigenvalue weighted by Crippen LogP contribution is -2.31. The number of sulfonamides is 1. The van der Waals surface area contributed by atoms with Crippen LogP contribution in [0.25, 0.3) is 10.9 Å². The number of halogens is 3. The van der Waals surface area contributed by atoms with Crippen molar-refractivity contribution in [2.45, 2.75) is 4.90 Å². The number of aromatic nitrogens is 1. The van der Waals surface area contributed by atoms with Crippen LogP contribution in [0, 0.1) is 0 Å². The molecule has 1 heterocycles. The Morgan fingerprint density at radius 2 is 1.55 bits per heavy atom. The minimum Gasteiger partial charge on any atom is -0.457 e. The summed E-state index contributed by atoms with van der Waals surface area (Å²) in [5.74, 6) is 0.177. The van der Waals surface area contributed by atoms with Gasteiger partial charge >= 0.3 is 0 Å². The molecule has 10 heteroatoms. The summed E-state index contributed by atoms with van der Waals surface area (Å²) in [4.78, 5) is 15.2. The van der Waals surface area contributed by atoms with Gasteiger partial charge in [-0.3, -0.25) is 4.79 Å². The molecule has 31 heavy (non-hydrogen) atoms. The lowest BCUT2D eigenvalue weighted by atomic mass is 10.2. The van der Waals surface area contributed by atoms with Gasteiger partial charge in [0.1, 0.15) is 22.1 Å². The van der Waals surface area contributed by atoms with Gasteiger partial charge in [0, 0.05) is 17.0 Å². The Balaban J connectivity index is 1.57. The minimum absolute atomic E-state index is 0.0172. The molecule has 0 fully saturated rings. The third-order valence-electron chi connectivity index (χ3n) is 4.32. The molecule has 3 aromatic carbocycles. The van der Waals surface area contributed by atoms with Gasteiger partial charge in [0.15, 0.2) is 0 Å². The van der Waals surface area contributed by atoms with Crippen LogP contribution in [0.3, 0.4) is 0 Å². The number of hydrogen-bond acceptors (Lipinski definition) is 4. The molecule has 0 aliphatic heterocycles. The molecule has 4 rings (SSSR count). The van der Waals surface area contributed by atoms with Gasteiger partial charge in [-0.15, -0.1) is 0 Å². The Morgan fingerprint density at radius 3 is 2.29 bits per heavy atom. The molecule has 0 saturated carbocycles. The van der Waals surface area contributed by atoms with E-state index in [2.05, 4.69) is 4.98 Å². The van der Waals surface area contributed by atoms with E-state index in [1.54, 1.807) is 42.5 Å². The zero-order valence-corrected chi connectivity index (χ0v) is 18.6. The molecular formula is C21H13Cl3N2O4S. The van der Waals surface area contributed by atoms with Gasteiger partial charge in [0.2, 0.25) is 0 Å². The lowest BCUT2D eigenvalue weighted by molar-refractivity contribution is 0.0977. The monoisotopic (exact) mass is 494 g/mol. The number of fused-ring (bicyclic) bond motifs is 1. The van der Waals surface area contributed by atoms with Crippen molar-refractivity contribution in [3.05, 3.63) is 87.5 Å². The van der Waals surface area contributed by atoms with Gasteiger partial charge in [-0.1, -0.05) is 46.9 Å². The number of hydrogen-bond donors (Lipinski definition) is 2. The summed E-state index contributed by atoms with van der Waals surface area (Å²) in [7, 11) is -4.13. The van der Waals surface area contributed by atoms with Crippen molar-refractivity contribution in [3.63, 3.8) is 0 Å². The van der Waals surface area contributed by atoms with Crippen LogP contribution in [-0.4, -0.2) is 19.3 Å². The number of carbonyl (C=O) groups is 1. The molecule has 0 unspecified atom stereocenters. The second kappa shape index (κ2) is 8.43. The third kappa shape index (κ3) is 4.65. The Morgan fingerprint density at radius 1 is 0.839 bits per heavy atom. The van der Waals surface area contributed by atoms with Crippen LogP contribution in [0.5, 0.6) is 11.5 Å². The maximum Gasteiger partial charge on any atom is 0.281 e. The highest BCUT2D eigenvalue weighted by Gasteiger charge is 2.22. The van der Waals surface area contributed by atoms with E-state index in [0.717, 1.165) is 0 Å². The number of ether oxygens (including phenoxy) is 1. The van der Waals surface area contributed by atoms with Gasteiger partial charge in [0.25, 0.3) is 15.9 Å². The topological polar surface area (TPSA) is 88.3 Å². The first-order valence-corrected chi connectivity index (χ1v) is 11.4. The van der Waals surface area contributed by atoms with E-state index in [9.17, 15) is 13.2 Å². The second-order valence-corrected chi connectivity index (χ2v) is 9.35. The molecule has 1 amide bonds. The average Bonchev–Trinajstić information content (AvgIpc) is 3.14. The van der Waals surface area contributed by atoms with Gasteiger partial charge in [-0.2, -0.15) is 0 Å². The van der Waals surface area contributed by atoms with Crippen molar-refractivity contribution >= 4 is 61.6 Å². The predicted octanol–water partition coefficient (Wildman–Crippen LogP) is 6.04. The maximum atomic E-state index is 12.5. The largest absolute Gasteiger partial charge is 0.457 e. The molecule has 0 bridgehead atoms. The van der Waals surface area contributed by atoms with Crippen molar-refractivity contribution in [1.29, 1.82) is 0 Å². The Hall–Kier alpha value is -2.71. The molecule has 0 spiro atoms. The van der Waals surface area contributed by atoms with Crippen LogP contribution in [0.2, 0.25) is 15.1 Å². The molecule has 2 N–H and O–H groups in total. The smallest absolute Gasteiger partial charge is 0.281 e. The Labute approximate surface area is 192 Å². The molecule has 0 atom stereocenters. The molecule has 4 aromatic rings. The van der Waals surface area contributed by atoms with Crippen LogP contribution in [-0.2, 0) is 10.0 Å². The van der Waals surface area contributed by atoms with E-state index < -0.39 is 15.9 Å². The fourth-order valence-corrected chi connectivity index (χ4v) is 4.64. The summed E-state index contributed by atoms with van der Waals surface area (Å²) in [6.07, 6.45) is 0. The Bertz CT molecular complexity index is 1420. The SMILES string of the molecule is O=C(NS(=O)(=O)c1ccccc1Cl)c1cc2cc(Oc3ccc(Cl)c(Cl)c3)ccc2[nH]1. The van der Waals surface area contributed by atoms with E-state index in [1.165, 1.54) is 24.3 Å². The number of nitrogens with one attached hydrogen (secondary N) is 2. The van der Waals surface area contributed by atoms with Gasteiger partial charge in [-0.25, -0.2) is 13.1 Å². The predicted molar refractivity (Wildman–Crippen MR) is 121 cm³/mol. The zero-order chi connectivity index (χ0) is 22.2. The van der Waals surface area contributed by atoms with Gasteiger partial charge in [-0.05, 0) is 48.5 Å². The summed E-state index contributed by atoms with van der Waals surface area (Å²) in [5, 5.41) is 1.44. The van der Waals surface area contributed by atoms with Crippen LogP contribution in [0.1, 0.15) is 10.5 Å². The van der Waals surface area contributed by atoms with E-state index in [1.807, 2.05) is 4.72 Å². The first kappa shape index (κ1) is 21.5. The normalized spacial score (nSPS) is 11.5. The van der Waals surface area contributed by atoms with Crippen molar-refractivity contribution in [2.75, 3.05) is 0 Å². The molecule has 0 aliphatic rings. The van der Waals surface area contributed by atoms with Gasteiger partial charge < -0.3 is 9.72 Å². The molecule has 0 aliphatic carbocycles. The highest BCUT2D eigenvalue weighted by atomic mass is 35.5. The number of amides is 1. The maximum absolute atomic E-state index is 12.5. The van der Waals surface area contributed by atoms with Crippen molar-refractivity contribution in [3.8, 4) is 11.5 Å². The fraction of sp³-hybridized carbons (Fsp3) is 0. The summed E-state index contributed by atoms with van der Waals surface area (Å²) in [5.41, 5.74) is 0.694. The number of rotatable bonds is 5. The van der Waals surface area contributed by atoms with Crippen LogP contribution >= 0.6 is 34.8 Å². The summed E-state index contributed by atoms with van der Waals surface area (Å²) in [6.45, 7) is 0. The first-order valence-electron chi connectivity index (χ1n) is 8.80. The van der Waals surface area contributed by atoms with Gasteiger partial charge in [0.05, 0.1) is 15.1 Å². The minimum atomic E-state index is -4.13. The molecular weight excluding hydrogens is 483 g/mol. The average molecular weight is 496 g/mol. The standard InChI is InChI=1S/C21H13Cl3N2O4S/c22-15-7-5-14(11-17(15)24)30-13-6-8-18-12(9-13)10-19(25-18)21(27)26-31(28,29)20-4-2-1-3-16(20)23/h1-11,25H,(H,26,27). The van der Waals surface area contributed by atoms with Crippen LogP contribution < -0.4 is 9.46 Å². The summed E-state index contributed by atoms with van der Waals surface area (Å²) < 4.78 is 32.8. The number of carbonyl (C=O) groups excluding carboxylic acids is 1. The molecule has 6 nitrogen and oxygen atoms in total. The molecule has 158 valence electrons. The number of H-pyrrole nitrogens is 1. The van der Waals surface area contributed by atoms with Crippen LogP contribution in [0.4, 0.5) is 0 Å². The third-order valence-corrected chi connectivity index (χ3v) is 6.89. The fourth-order valence-electron chi connectivity index (χ4n) is 2.87. The van der Waals surface area contributed by atoms with Crippen molar-refractivity contribution in [2.24, 2.45) is 0 Å². The van der Waals surface area contributed by atoms with E-state index in [0.29, 0.717) is 32.4 Å². The van der Waals surface area contributed by atoms with E-state index in [-0.39, 0.29) is 15.6 Å². The van der Waals surface area contributed by atoms with Crippen molar-refractivity contribution < 1.29 is 17.9 Å². The van der Waals surface area contributed by atoms with E-state index in [4.69, 9.17) is 39.5 Å². The number of aromatic amines is 1. The molecule has 0 saturated heterocycles.